The lowest BCUT2D eigenvalue weighted by atomic mass is 9.85. The summed E-state index contributed by atoms with van der Waals surface area (Å²) in [6.45, 7) is 2.23. The van der Waals surface area contributed by atoms with Crippen LogP contribution in [0.5, 0.6) is 11.5 Å². The molecule has 1 aliphatic carbocycles. The second-order valence-electron chi connectivity index (χ2n) is 5.86. The van der Waals surface area contributed by atoms with Gasteiger partial charge in [-0.1, -0.05) is 11.6 Å². The van der Waals surface area contributed by atoms with Gasteiger partial charge in [0.05, 0.1) is 17.7 Å². The third-order valence-electron chi connectivity index (χ3n) is 4.38. The van der Waals surface area contributed by atoms with Gasteiger partial charge in [0.1, 0.15) is 0 Å². The van der Waals surface area contributed by atoms with Crippen molar-refractivity contribution in [2.24, 2.45) is 0 Å². The predicted molar refractivity (Wildman–Crippen MR) is 96.4 cm³/mol. The number of rotatable bonds is 3. The van der Waals surface area contributed by atoms with Gasteiger partial charge in [-0.05, 0) is 49.7 Å². The molecular weight excluding hydrogens is 348 g/mol. The van der Waals surface area contributed by atoms with E-state index in [1.54, 1.807) is 12.1 Å². The molecule has 1 aliphatic heterocycles. The molecule has 5 nitrogen and oxygen atoms in total. The number of carbonyl (C=O) groups excluding carboxylic acids is 1. The molecule has 1 heterocycles. The lowest BCUT2D eigenvalue weighted by Gasteiger charge is -2.39. The zero-order chi connectivity index (χ0) is 17.4. The van der Waals surface area contributed by atoms with E-state index in [-0.39, 0.29) is 22.6 Å². The van der Waals surface area contributed by atoms with E-state index in [0.29, 0.717) is 23.9 Å². The first-order valence-corrected chi connectivity index (χ1v) is 8.68. The van der Waals surface area contributed by atoms with Crippen molar-refractivity contribution in [1.29, 1.82) is 0 Å². The van der Waals surface area contributed by atoms with Crippen LogP contribution in [0.2, 0.25) is 5.02 Å². The first-order valence-electron chi connectivity index (χ1n) is 7.89. The third kappa shape index (κ3) is 2.84. The zero-order valence-electron chi connectivity index (χ0n) is 13.6. The van der Waals surface area contributed by atoms with Gasteiger partial charge in [0, 0.05) is 24.7 Å². The number of hydrogen-bond donors (Lipinski definition) is 2. The maximum absolute atomic E-state index is 12.5. The Bertz CT molecular complexity index is 748. The summed E-state index contributed by atoms with van der Waals surface area (Å²) < 4.78 is 5.45. The number of aromatic hydroxyl groups is 1. The highest BCUT2D eigenvalue weighted by Crippen LogP contribution is 2.42. The predicted octanol–water partition coefficient (Wildman–Crippen LogP) is 3.31. The molecule has 0 saturated carbocycles. The van der Waals surface area contributed by atoms with Gasteiger partial charge in [-0.15, -0.1) is 0 Å². The highest BCUT2D eigenvalue weighted by atomic mass is 35.5. The van der Waals surface area contributed by atoms with E-state index in [1.165, 1.54) is 0 Å². The minimum absolute atomic E-state index is 0.0954. The minimum atomic E-state index is -0.381. The average Bonchev–Trinajstić information content (AvgIpc) is 2.55. The van der Waals surface area contributed by atoms with Crippen LogP contribution in [0.1, 0.15) is 37.8 Å². The molecule has 1 unspecified atom stereocenters. The van der Waals surface area contributed by atoms with E-state index < -0.39 is 0 Å². The summed E-state index contributed by atoms with van der Waals surface area (Å²) in [6.07, 6.45) is 2.18. The zero-order valence-corrected chi connectivity index (χ0v) is 15.1. The Hall–Kier alpha value is -1.79. The van der Waals surface area contributed by atoms with Crippen molar-refractivity contribution in [3.05, 3.63) is 34.0 Å². The summed E-state index contributed by atoms with van der Waals surface area (Å²) in [7, 11) is 1.87. The highest BCUT2D eigenvalue weighted by Gasteiger charge is 2.36. The molecule has 0 aromatic heterocycles. The molecule has 3 rings (SSSR count). The summed E-state index contributed by atoms with van der Waals surface area (Å²) in [5, 5.41) is 14.0. The smallest absolute Gasteiger partial charge is 0.176 e. The number of Topliss-reactive ketones (excluding diaryl/α,β-unsaturated/α-hetero) is 1. The van der Waals surface area contributed by atoms with Crippen molar-refractivity contribution in [2.75, 3.05) is 13.7 Å². The fourth-order valence-electron chi connectivity index (χ4n) is 3.21. The van der Waals surface area contributed by atoms with E-state index in [4.69, 9.17) is 28.6 Å². The average molecular weight is 367 g/mol. The number of benzene rings is 1. The van der Waals surface area contributed by atoms with E-state index in [0.717, 1.165) is 29.7 Å². The van der Waals surface area contributed by atoms with Crippen LogP contribution in [-0.2, 0) is 4.79 Å². The van der Waals surface area contributed by atoms with Crippen LogP contribution >= 0.6 is 23.8 Å². The van der Waals surface area contributed by atoms with Gasteiger partial charge in [-0.2, -0.15) is 0 Å². The SMILES string of the molecule is CCOc1cc(C2NC(=S)N(C)C3=C2C(=O)CCC3)cc(Cl)c1O. The number of nitrogens with one attached hydrogen (secondary N) is 1. The Morgan fingerprint density at radius 3 is 2.92 bits per heavy atom. The molecule has 2 N–H and O–H groups in total. The van der Waals surface area contributed by atoms with E-state index >= 15 is 0 Å². The molecular formula is C17H19ClN2O3S. The van der Waals surface area contributed by atoms with Crippen molar-refractivity contribution in [3.63, 3.8) is 0 Å². The maximum Gasteiger partial charge on any atom is 0.176 e. The van der Waals surface area contributed by atoms with Gasteiger partial charge in [0.2, 0.25) is 0 Å². The standard InChI is InChI=1S/C17H19ClN2O3S/c1-3-23-13-8-9(7-10(18)16(13)22)15-14-11(5-4-6-12(14)21)20(2)17(24)19-15/h7-8,15,22H,3-6H2,1-2H3,(H,19,24). The van der Waals surface area contributed by atoms with Crippen LogP contribution in [0.15, 0.2) is 23.4 Å². The number of carbonyl (C=O) groups is 1. The first-order chi connectivity index (χ1) is 11.4. The van der Waals surface area contributed by atoms with Crippen molar-refractivity contribution in [1.82, 2.24) is 10.2 Å². The van der Waals surface area contributed by atoms with Gasteiger partial charge in [-0.3, -0.25) is 4.79 Å². The number of allylic oxidation sites excluding steroid dienone is 1. The molecule has 0 radical (unpaired) electrons. The van der Waals surface area contributed by atoms with Gasteiger partial charge in [-0.25, -0.2) is 0 Å². The fraction of sp³-hybridized carbons (Fsp3) is 0.412. The minimum Gasteiger partial charge on any atom is -0.503 e. The summed E-state index contributed by atoms with van der Waals surface area (Å²) in [4.78, 5) is 14.4. The second kappa shape index (κ2) is 6.61. The van der Waals surface area contributed by atoms with Gasteiger partial charge >= 0.3 is 0 Å². The molecule has 0 amide bonds. The molecule has 0 saturated heterocycles. The Morgan fingerprint density at radius 1 is 1.46 bits per heavy atom. The molecule has 0 fully saturated rings. The Kier molecular flexibility index (Phi) is 4.69. The van der Waals surface area contributed by atoms with E-state index in [1.807, 2.05) is 18.9 Å². The lowest BCUT2D eigenvalue weighted by molar-refractivity contribution is -0.116. The molecule has 7 heteroatoms. The number of nitrogens with zero attached hydrogens (tertiary/aromatic N) is 1. The summed E-state index contributed by atoms with van der Waals surface area (Å²) in [5.74, 6) is 0.323. The van der Waals surface area contributed by atoms with Crippen molar-refractivity contribution >= 4 is 34.7 Å². The largest absolute Gasteiger partial charge is 0.503 e. The van der Waals surface area contributed by atoms with Gasteiger partial charge < -0.3 is 20.1 Å². The van der Waals surface area contributed by atoms with Crippen LogP contribution < -0.4 is 10.1 Å². The van der Waals surface area contributed by atoms with Crippen LogP contribution in [0.25, 0.3) is 0 Å². The number of ketones is 1. The van der Waals surface area contributed by atoms with Crippen molar-refractivity contribution in [3.8, 4) is 11.5 Å². The van der Waals surface area contributed by atoms with Crippen LogP contribution in [0.3, 0.4) is 0 Å². The van der Waals surface area contributed by atoms with Gasteiger partial charge in [0.25, 0.3) is 0 Å². The number of phenols is 1. The number of halogens is 1. The highest BCUT2D eigenvalue weighted by molar-refractivity contribution is 7.80. The third-order valence-corrected chi connectivity index (χ3v) is 5.06. The molecule has 128 valence electrons. The number of phenolic OH excluding ortho intramolecular Hbond substituents is 1. The molecule has 2 aliphatic rings. The van der Waals surface area contributed by atoms with Crippen molar-refractivity contribution in [2.45, 2.75) is 32.2 Å². The van der Waals surface area contributed by atoms with Crippen LogP contribution in [0.4, 0.5) is 0 Å². The summed E-state index contributed by atoms with van der Waals surface area (Å²) >= 11 is 11.6. The summed E-state index contributed by atoms with van der Waals surface area (Å²) in [5.41, 5.74) is 2.43. The fourth-order valence-corrected chi connectivity index (χ4v) is 3.66. The van der Waals surface area contributed by atoms with E-state index in [9.17, 15) is 9.90 Å². The van der Waals surface area contributed by atoms with Crippen molar-refractivity contribution < 1.29 is 14.6 Å². The Morgan fingerprint density at radius 2 is 2.21 bits per heavy atom. The molecule has 1 aromatic rings. The molecule has 24 heavy (non-hydrogen) atoms. The van der Waals surface area contributed by atoms with Crippen LogP contribution in [0, 0.1) is 0 Å². The maximum atomic E-state index is 12.5. The number of hydrogen-bond acceptors (Lipinski definition) is 4. The quantitative estimate of drug-likeness (QED) is 0.800. The first kappa shape index (κ1) is 17.0. The monoisotopic (exact) mass is 366 g/mol. The number of ether oxygens (including phenoxy) is 1. The van der Waals surface area contributed by atoms with E-state index in [2.05, 4.69) is 5.32 Å². The Balaban J connectivity index is 2.12. The Labute approximate surface area is 151 Å². The number of thiocarbonyl (C=S) groups is 1. The second-order valence-corrected chi connectivity index (χ2v) is 6.66. The summed E-state index contributed by atoms with van der Waals surface area (Å²) in [6, 6.07) is 2.98. The molecule has 0 spiro atoms. The molecule has 0 bridgehead atoms. The molecule has 1 atom stereocenters. The van der Waals surface area contributed by atoms with Gasteiger partial charge in [0.15, 0.2) is 22.4 Å². The molecule has 1 aromatic carbocycles. The topological polar surface area (TPSA) is 61.8 Å². The normalized spacial score (nSPS) is 20.8. The van der Waals surface area contributed by atoms with Crippen LogP contribution in [-0.4, -0.2) is 34.6 Å². The lowest BCUT2D eigenvalue weighted by Crippen LogP contribution is -2.47.